The largest absolute Gasteiger partial charge is 0.491 e. The molecule has 156 valence electrons. The van der Waals surface area contributed by atoms with Crippen LogP contribution >= 0.6 is 0 Å². The molecular formula is C23H23FN2O4. The highest BCUT2D eigenvalue weighted by Gasteiger charge is 2.24. The summed E-state index contributed by atoms with van der Waals surface area (Å²) in [5.74, 6) is 0.103. The summed E-state index contributed by atoms with van der Waals surface area (Å²) in [6, 6.07) is 12.7. The van der Waals surface area contributed by atoms with Crippen molar-refractivity contribution in [2.45, 2.75) is 20.0 Å². The molecule has 1 aliphatic rings. The predicted octanol–water partition coefficient (Wildman–Crippen LogP) is 3.68. The van der Waals surface area contributed by atoms with Crippen molar-refractivity contribution >= 4 is 22.6 Å². The van der Waals surface area contributed by atoms with E-state index < -0.39 is 5.63 Å². The van der Waals surface area contributed by atoms with Crippen molar-refractivity contribution in [1.29, 1.82) is 0 Å². The van der Waals surface area contributed by atoms with E-state index >= 15 is 0 Å². The lowest BCUT2D eigenvalue weighted by atomic mass is 10.1. The molecule has 7 heteroatoms. The minimum absolute atomic E-state index is 0.0172. The lowest BCUT2D eigenvalue weighted by molar-refractivity contribution is 0.0748. The van der Waals surface area contributed by atoms with Crippen molar-refractivity contribution in [2.75, 3.05) is 31.1 Å². The van der Waals surface area contributed by atoms with Gasteiger partial charge in [0.2, 0.25) is 0 Å². The Kier molecular flexibility index (Phi) is 5.44. The first-order valence-electron chi connectivity index (χ1n) is 9.95. The number of anilines is 1. The smallest absolute Gasteiger partial charge is 0.337 e. The fraction of sp³-hybridized carbons (Fsp3) is 0.304. The molecule has 0 bridgehead atoms. The van der Waals surface area contributed by atoms with E-state index in [1.165, 1.54) is 18.2 Å². The predicted molar refractivity (Wildman–Crippen MR) is 113 cm³/mol. The van der Waals surface area contributed by atoms with Crippen molar-refractivity contribution in [3.05, 3.63) is 70.3 Å². The van der Waals surface area contributed by atoms with Gasteiger partial charge in [0.25, 0.3) is 5.91 Å². The molecule has 1 amide bonds. The number of piperazine rings is 1. The normalized spacial score (nSPS) is 14.4. The number of rotatable bonds is 4. The average molecular weight is 410 g/mol. The summed E-state index contributed by atoms with van der Waals surface area (Å²) in [6.07, 6.45) is -0.0172. The Morgan fingerprint density at radius 2 is 1.73 bits per heavy atom. The number of amides is 1. The van der Waals surface area contributed by atoms with Crippen LogP contribution in [0.3, 0.4) is 0 Å². The first-order valence-corrected chi connectivity index (χ1v) is 9.95. The van der Waals surface area contributed by atoms with Gasteiger partial charge in [-0.05, 0) is 50.2 Å². The maximum absolute atomic E-state index is 13.2. The fourth-order valence-electron chi connectivity index (χ4n) is 3.66. The van der Waals surface area contributed by atoms with Crippen molar-refractivity contribution < 1.29 is 18.3 Å². The molecule has 0 atom stereocenters. The number of nitrogens with zero attached hydrogens (tertiary/aromatic N) is 2. The maximum atomic E-state index is 13.2. The highest BCUT2D eigenvalue weighted by Crippen LogP contribution is 2.25. The van der Waals surface area contributed by atoms with E-state index in [-0.39, 0.29) is 17.8 Å². The lowest BCUT2D eigenvalue weighted by Gasteiger charge is -2.36. The lowest BCUT2D eigenvalue weighted by Crippen LogP contribution is -2.49. The van der Waals surface area contributed by atoms with E-state index in [2.05, 4.69) is 4.90 Å². The zero-order valence-corrected chi connectivity index (χ0v) is 16.9. The molecule has 0 radical (unpaired) electrons. The summed E-state index contributed by atoms with van der Waals surface area (Å²) < 4.78 is 24.1. The highest BCUT2D eigenvalue weighted by atomic mass is 19.1. The second-order valence-electron chi connectivity index (χ2n) is 7.56. The maximum Gasteiger partial charge on any atom is 0.337 e. The van der Waals surface area contributed by atoms with E-state index in [9.17, 15) is 14.0 Å². The third-order valence-electron chi connectivity index (χ3n) is 5.08. The topological polar surface area (TPSA) is 63.0 Å². The third-order valence-corrected chi connectivity index (χ3v) is 5.08. The van der Waals surface area contributed by atoms with Gasteiger partial charge in [-0.1, -0.05) is 0 Å². The van der Waals surface area contributed by atoms with Gasteiger partial charge in [0.05, 0.1) is 11.7 Å². The van der Waals surface area contributed by atoms with Crippen LogP contribution < -0.4 is 15.3 Å². The molecule has 4 rings (SSSR count). The first-order chi connectivity index (χ1) is 14.4. The molecule has 0 aliphatic carbocycles. The van der Waals surface area contributed by atoms with Crippen molar-refractivity contribution in [1.82, 2.24) is 4.90 Å². The molecule has 2 heterocycles. The summed E-state index contributed by atoms with van der Waals surface area (Å²) in [6.45, 7) is 6.09. The first kappa shape index (κ1) is 19.9. The number of hydrogen-bond acceptors (Lipinski definition) is 5. The van der Waals surface area contributed by atoms with E-state index in [1.807, 2.05) is 13.8 Å². The summed E-state index contributed by atoms with van der Waals surface area (Å²) >= 11 is 0. The van der Waals surface area contributed by atoms with Gasteiger partial charge in [-0.25, -0.2) is 9.18 Å². The Morgan fingerprint density at radius 3 is 2.40 bits per heavy atom. The van der Waals surface area contributed by atoms with E-state index in [0.717, 1.165) is 5.69 Å². The molecule has 0 spiro atoms. The fourth-order valence-corrected chi connectivity index (χ4v) is 3.66. The second-order valence-corrected chi connectivity index (χ2v) is 7.56. The van der Waals surface area contributed by atoms with Crippen molar-refractivity contribution in [3.63, 3.8) is 0 Å². The average Bonchev–Trinajstić information content (AvgIpc) is 2.72. The van der Waals surface area contributed by atoms with Gasteiger partial charge >= 0.3 is 5.63 Å². The molecule has 1 aromatic heterocycles. The Morgan fingerprint density at radius 1 is 1.03 bits per heavy atom. The van der Waals surface area contributed by atoms with Crippen LogP contribution in [0.4, 0.5) is 10.1 Å². The minimum Gasteiger partial charge on any atom is -0.491 e. The summed E-state index contributed by atoms with van der Waals surface area (Å²) in [5, 5.41) is 0.580. The summed E-state index contributed by atoms with van der Waals surface area (Å²) in [4.78, 5) is 29.1. The molecule has 6 nitrogen and oxygen atoms in total. The zero-order chi connectivity index (χ0) is 21.3. The molecule has 30 heavy (non-hydrogen) atoms. The van der Waals surface area contributed by atoms with Gasteiger partial charge in [-0.15, -0.1) is 0 Å². The number of carbonyl (C=O) groups excluding carboxylic acids is 1. The SMILES string of the molecule is CC(C)Oc1ccc2c(C(=O)N3CCN(c4ccc(F)cc4)CC3)cc(=O)oc2c1. The summed E-state index contributed by atoms with van der Waals surface area (Å²) in [7, 11) is 0. The second kappa shape index (κ2) is 8.18. The molecule has 2 aromatic carbocycles. The zero-order valence-electron chi connectivity index (χ0n) is 16.9. The van der Waals surface area contributed by atoms with E-state index in [0.29, 0.717) is 48.5 Å². The Balaban J connectivity index is 1.54. The molecule has 3 aromatic rings. The van der Waals surface area contributed by atoms with Crippen LogP contribution in [0, 0.1) is 5.82 Å². The number of benzene rings is 2. The number of hydrogen-bond donors (Lipinski definition) is 0. The van der Waals surface area contributed by atoms with Crippen molar-refractivity contribution in [3.8, 4) is 5.75 Å². The molecule has 0 saturated carbocycles. The Labute approximate surface area is 173 Å². The Bertz CT molecular complexity index is 1120. The molecular weight excluding hydrogens is 387 g/mol. The number of fused-ring (bicyclic) bond motifs is 1. The van der Waals surface area contributed by atoms with E-state index in [1.54, 1.807) is 35.2 Å². The number of halogens is 1. The van der Waals surface area contributed by atoms with Crippen molar-refractivity contribution in [2.24, 2.45) is 0 Å². The Hall–Kier alpha value is -3.35. The van der Waals surface area contributed by atoms with Gasteiger partial charge < -0.3 is 19.0 Å². The quantitative estimate of drug-likeness (QED) is 0.614. The monoisotopic (exact) mass is 410 g/mol. The van der Waals surface area contributed by atoms with Crippen LogP contribution in [0.5, 0.6) is 5.75 Å². The van der Waals surface area contributed by atoms with Gasteiger partial charge in [0.15, 0.2) is 0 Å². The molecule has 1 aliphatic heterocycles. The number of ether oxygens (including phenoxy) is 1. The van der Waals surface area contributed by atoms with Gasteiger partial charge in [-0.3, -0.25) is 4.79 Å². The van der Waals surface area contributed by atoms with Crippen LogP contribution in [-0.4, -0.2) is 43.1 Å². The van der Waals surface area contributed by atoms with Crippen LogP contribution in [0.25, 0.3) is 11.0 Å². The van der Waals surface area contributed by atoms with Crippen LogP contribution in [-0.2, 0) is 0 Å². The third kappa shape index (κ3) is 4.15. The molecule has 1 fully saturated rings. The minimum atomic E-state index is -0.572. The van der Waals surface area contributed by atoms with Crippen LogP contribution in [0.15, 0.2) is 57.7 Å². The highest BCUT2D eigenvalue weighted by molar-refractivity contribution is 6.05. The molecule has 0 N–H and O–H groups in total. The van der Waals surface area contributed by atoms with Crippen LogP contribution in [0.1, 0.15) is 24.2 Å². The summed E-state index contributed by atoms with van der Waals surface area (Å²) in [5.41, 5.74) is 1.01. The number of carbonyl (C=O) groups is 1. The van der Waals surface area contributed by atoms with Gasteiger partial charge in [0, 0.05) is 49.4 Å². The van der Waals surface area contributed by atoms with Gasteiger partial charge in [-0.2, -0.15) is 0 Å². The van der Waals surface area contributed by atoms with E-state index in [4.69, 9.17) is 9.15 Å². The van der Waals surface area contributed by atoms with Crippen LogP contribution in [0.2, 0.25) is 0 Å². The molecule has 1 saturated heterocycles. The van der Waals surface area contributed by atoms with Gasteiger partial charge in [0.1, 0.15) is 17.1 Å². The molecule has 0 unspecified atom stereocenters. The standard InChI is InChI=1S/C23H23FN2O4/c1-15(2)29-18-7-8-19-20(14-22(27)30-21(19)13-18)23(28)26-11-9-25(10-12-26)17-5-3-16(24)4-6-17/h3-8,13-15H,9-12H2,1-2H3.